The monoisotopic (exact) mass is 377 g/mol. The maximum atomic E-state index is 12.3. The first-order valence-corrected chi connectivity index (χ1v) is 7.51. The molecule has 2 aromatic carbocycles. The van der Waals surface area contributed by atoms with Crippen molar-refractivity contribution >= 4 is 50.1 Å². The minimum Gasteiger partial charge on any atom is -0.422 e. The quantitative estimate of drug-likeness (QED) is 0.670. The molecule has 1 heterocycles. The van der Waals surface area contributed by atoms with Gasteiger partial charge in [0.1, 0.15) is 11.1 Å². The molecule has 3 rings (SSSR count). The zero-order chi connectivity index (χ0) is 15.7. The predicted molar refractivity (Wildman–Crippen MR) is 89.6 cm³/mol. The number of benzene rings is 2. The molecular formula is C16H9BrClNO3. The number of hydrogen-bond acceptors (Lipinski definition) is 3. The third kappa shape index (κ3) is 2.91. The maximum absolute atomic E-state index is 12.3. The summed E-state index contributed by atoms with van der Waals surface area (Å²) in [5.41, 5.74) is 0.0790. The van der Waals surface area contributed by atoms with Crippen molar-refractivity contribution < 1.29 is 9.21 Å². The number of halogens is 2. The van der Waals surface area contributed by atoms with Crippen LogP contribution in [0.25, 0.3) is 11.0 Å². The van der Waals surface area contributed by atoms with Gasteiger partial charge in [-0.2, -0.15) is 0 Å². The molecule has 0 aliphatic rings. The second kappa shape index (κ2) is 5.94. The molecule has 0 fully saturated rings. The Morgan fingerprint density at radius 3 is 2.68 bits per heavy atom. The highest BCUT2D eigenvalue weighted by Crippen LogP contribution is 2.22. The lowest BCUT2D eigenvalue weighted by Crippen LogP contribution is -2.20. The zero-order valence-electron chi connectivity index (χ0n) is 11.1. The first-order valence-electron chi connectivity index (χ1n) is 6.34. The Hall–Kier alpha value is -2.11. The van der Waals surface area contributed by atoms with Gasteiger partial charge in [0.25, 0.3) is 5.91 Å². The van der Waals surface area contributed by atoms with Crippen molar-refractivity contribution in [3.8, 4) is 0 Å². The van der Waals surface area contributed by atoms with Crippen LogP contribution >= 0.6 is 27.5 Å². The molecule has 1 N–H and O–H groups in total. The molecule has 22 heavy (non-hydrogen) atoms. The van der Waals surface area contributed by atoms with E-state index in [-0.39, 0.29) is 5.56 Å². The van der Waals surface area contributed by atoms with Crippen molar-refractivity contribution in [3.05, 3.63) is 74.0 Å². The molecule has 0 saturated heterocycles. The van der Waals surface area contributed by atoms with Crippen LogP contribution < -0.4 is 10.9 Å². The van der Waals surface area contributed by atoms with Gasteiger partial charge in [-0.1, -0.05) is 39.7 Å². The van der Waals surface area contributed by atoms with Crippen molar-refractivity contribution in [1.82, 2.24) is 0 Å². The van der Waals surface area contributed by atoms with E-state index >= 15 is 0 Å². The van der Waals surface area contributed by atoms with E-state index in [0.29, 0.717) is 21.7 Å². The second-order valence-corrected chi connectivity index (χ2v) is 5.89. The fourth-order valence-electron chi connectivity index (χ4n) is 2.00. The van der Waals surface area contributed by atoms with E-state index in [9.17, 15) is 9.59 Å². The summed E-state index contributed by atoms with van der Waals surface area (Å²) in [5, 5.41) is 3.65. The molecule has 0 spiro atoms. The van der Waals surface area contributed by atoms with Crippen LogP contribution in [-0.4, -0.2) is 5.91 Å². The van der Waals surface area contributed by atoms with Gasteiger partial charge in [-0.05, 0) is 36.4 Å². The molecule has 1 aromatic heterocycles. The van der Waals surface area contributed by atoms with E-state index in [1.807, 2.05) is 0 Å². The Balaban J connectivity index is 2.02. The lowest BCUT2D eigenvalue weighted by Gasteiger charge is -2.07. The molecule has 0 unspecified atom stereocenters. The number of nitrogens with one attached hydrogen (secondary N) is 1. The topological polar surface area (TPSA) is 59.3 Å². The number of carbonyl (C=O) groups is 1. The van der Waals surface area contributed by atoms with Crippen molar-refractivity contribution in [3.63, 3.8) is 0 Å². The standard InChI is InChI=1S/C16H9BrClNO3/c17-10-5-6-14-9(7-10)8-11(16(21)22-14)15(20)19-13-4-2-1-3-12(13)18/h1-8H,(H,19,20). The first kappa shape index (κ1) is 14.8. The van der Waals surface area contributed by atoms with Crippen molar-refractivity contribution in [2.45, 2.75) is 0 Å². The minimum atomic E-state index is -0.695. The number of rotatable bonds is 2. The van der Waals surface area contributed by atoms with Gasteiger partial charge in [0.15, 0.2) is 0 Å². The van der Waals surface area contributed by atoms with E-state index in [0.717, 1.165) is 4.47 Å². The average Bonchev–Trinajstić information content (AvgIpc) is 2.49. The molecule has 0 bridgehead atoms. The fourth-order valence-corrected chi connectivity index (χ4v) is 2.57. The second-order valence-electron chi connectivity index (χ2n) is 4.56. The number of carbonyl (C=O) groups excluding carboxylic acids is 1. The number of fused-ring (bicyclic) bond motifs is 1. The van der Waals surface area contributed by atoms with Gasteiger partial charge in [-0.25, -0.2) is 4.79 Å². The third-order valence-corrected chi connectivity index (χ3v) is 3.88. The van der Waals surface area contributed by atoms with Gasteiger partial charge < -0.3 is 9.73 Å². The Kier molecular flexibility index (Phi) is 4.00. The molecule has 0 aliphatic heterocycles. The highest BCUT2D eigenvalue weighted by Gasteiger charge is 2.15. The highest BCUT2D eigenvalue weighted by molar-refractivity contribution is 9.10. The molecule has 0 radical (unpaired) electrons. The van der Waals surface area contributed by atoms with Crippen molar-refractivity contribution in [2.24, 2.45) is 0 Å². The molecule has 0 atom stereocenters. The average molecular weight is 379 g/mol. The Bertz CT molecular complexity index is 936. The summed E-state index contributed by atoms with van der Waals surface area (Å²) in [6, 6.07) is 13.5. The van der Waals surface area contributed by atoms with Crippen LogP contribution in [0.1, 0.15) is 10.4 Å². The summed E-state index contributed by atoms with van der Waals surface area (Å²) in [4.78, 5) is 24.2. The number of para-hydroxylation sites is 1. The van der Waals surface area contributed by atoms with Crippen LogP contribution in [0.5, 0.6) is 0 Å². The van der Waals surface area contributed by atoms with Gasteiger partial charge in [0.2, 0.25) is 0 Å². The van der Waals surface area contributed by atoms with Crippen LogP contribution in [-0.2, 0) is 0 Å². The van der Waals surface area contributed by atoms with Gasteiger partial charge in [-0.15, -0.1) is 0 Å². The van der Waals surface area contributed by atoms with Gasteiger partial charge in [0.05, 0.1) is 10.7 Å². The SMILES string of the molecule is O=C(Nc1ccccc1Cl)c1cc2cc(Br)ccc2oc1=O. The lowest BCUT2D eigenvalue weighted by atomic mass is 10.1. The van der Waals surface area contributed by atoms with Crippen molar-refractivity contribution in [1.29, 1.82) is 0 Å². The number of amides is 1. The van der Waals surface area contributed by atoms with E-state index in [4.69, 9.17) is 16.0 Å². The maximum Gasteiger partial charge on any atom is 0.349 e. The summed E-state index contributed by atoms with van der Waals surface area (Å²) in [6.45, 7) is 0. The summed E-state index contributed by atoms with van der Waals surface area (Å²) in [5.74, 6) is -0.566. The highest BCUT2D eigenvalue weighted by atomic mass is 79.9. The summed E-state index contributed by atoms with van der Waals surface area (Å²) >= 11 is 9.33. The Morgan fingerprint density at radius 2 is 1.91 bits per heavy atom. The Labute approximate surface area is 138 Å². The van der Waals surface area contributed by atoms with Crippen LogP contribution in [0, 0.1) is 0 Å². The van der Waals surface area contributed by atoms with E-state index in [2.05, 4.69) is 21.2 Å². The molecule has 1 amide bonds. The normalized spacial score (nSPS) is 10.6. The Morgan fingerprint density at radius 1 is 1.14 bits per heavy atom. The minimum absolute atomic E-state index is 0.0782. The van der Waals surface area contributed by atoms with Gasteiger partial charge >= 0.3 is 5.63 Å². The van der Waals surface area contributed by atoms with Gasteiger partial charge in [0, 0.05) is 9.86 Å². The third-order valence-electron chi connectivity index (χ3n) is 3.06. The molecule has 3 aromatic rings. The summed E-state index contributed by atoms with van der Waals surface area (Å²) in [6.07, 6.45) is 0. The van der Waals surface area contributed by atoms with E-state index in [1.54, 1.807) is 42.5 Å². The smallest absolute Gasteiger partial charge is 0.349 e. The molecular weight excluding hydrogens is 370 g/mol. The summed E-state index contributed by atoms with van der Waals surface area (Å²) < 4.78 is 5.99. The zero-order valence-corrected chi connectivity index (χ0v) is 13.4. The molecule has 4 nitrogen and oxygen atoms in total. The van der Waals surface area contributed by atoms with Crippen LogP contribution in [0.2, 0.25) is 5.02 Å². The van der Waals surface area contributed by atoms with Crippen LogP contribution in [0.3, 0.4) is 0 Å². The number of hydrogen-bond donors (Lipinski definition) is 1. The number of anilines is 1. The van der Waals surface area contributed by atoms with Crippen molar-refractivity contribution in [2.75, 3.05) is 5.32 Å². The van der Waals surface area contributed by atoms with Crippen LogP contribution in [0.15, 0.2) is 62.2 Å². The van der Waals surface area contributed by atoms with Gasteiger partial charge in [-0.3, -0.25) is 4.79 Å². The molecule has 6 heteroatoms. The molecule has 0 aliphatic carbocycles. The molecule has 110 valence electrons. The fraction of sp³-hybridized carbons (Fsp3) is 0. The lowest BCUT2D eigenvalue weighted by molar-refractivity contribution is 0.102. The van der Waals surface area contributed by atoms with E-state index < -0.39 is 11.5 Å². The largest absolute Gasteiger partial charge is 0.422 e. The van der Waals surface area contributed by atoms with Crippen LogP contribution in [0.4, 0.5) is 5.69 Å². The molecule has 0 saturated carbocycles. The predicted octanol–water partition coefficient (Wildman–Crippen LogP) is 4.46. The first-order chi connectivity index (χ1) is 10.5. The van der Waals surface area contributed by atoms with E-state index in [1.165, 1.54) is 6.07 Å². The summed E-state index contributed by atoms with van der Waals surface area (Å²) in [7, 11) is 0.